The summed E-state index contributed by atoms with van der Waals surface area (Å²) < 4.78 is 4.74. The van der Waals surface area contributed by atoms with E-state index in [1.54, 1.807) is 12.1 Å². The first-order valence-corrected chi connectivity index (χ1v) is 7.43. The van der Waals surface area contributed by atoms with E-state index < -0.39 is 5.97 Å². The van der Waals surface area contributed by atoms with E-state index >= 15 is 0 Å². The van der Waals surface area contributed by atoms with Crippen molar-refractivity contribution in [3.63, 3.8) is 0 Å². The Kier molecular flexibility index (Phi) is 4.59. The van der Waals surface area contributed by atoms with Crippen LogP contribution in [0.5, 0.6) is 0 Å². The molecule has 4 heteroatoms. The second-order valence-corrected chi connectivity index (χ2v) is 6.70. The molecule has 0 spiro atoms. The lowest BCUT2D eigenvalue weighted by Crippen LogP contribution is -2.31. The van der Waals surface area contributed by atoms with Gasteiger partial charge in [0.25, 0.3) is 0 Å². The minimum Gasteiger partial charge on any atom is -0.465 e. The van der Waals surface area contributed by atoms with Gasteiger partial charge in [0.05, 0.1) is 17.7 Å². The van der Waals surface area contributed by atoms with Crippen LogP contribution >= 0.6 is 11.6 Å². The molecule has 1 aromatic carbocycles. The van der Waals surface area contributed by atoms with E-state index in [1.807, 2.05) is 6.07 Å². The molecule has 0 saturated heterocycles. The Bertz CT molecular complexity index is 499. The number of hydrogen-bond donors (Lipinski definition) is 1. The van der Waals surface area contributed by atoms with Gasteiger partial charge in [-0.05, 0) is 42.9 Å². The summed E-state index contributed by atoms with van der Waals surface area (Å²) in [5, 5.41) is 3.94. The highest BCUT2D eigenvalue weighted by molar-refractivity contribution is 6.33. The lowest BCUT2D eigenvalue weighted by Gasteiger charge is -2.36. The Morgan fingerprint density at radius 2 is 2.20 bits per heavy atom. The van der Waals surface area contributed by atoms with Crippen molar-refractivity contribution < 1.29 is 9.53 Å². The summed E-state index contributed by atoms with van der Waals surface area (Å²) >= 11 is 6.03. The van der Waals surface area contributed by atoms with Gasteiger partial charge in [0, 0.05) is 11.7 Å². The number of hydrogen-bond acceptors (Lipinski definition) is 3. The average molecular weight is 296 g/mol. The predicted octanol–water partition coefficient (Wildman–Crippen LogP) is 4.51. The molecule has 1 aromatic rings. The van der Waals surface area contributed by atoms with Crippen LogP contribution in [0.15, 0.2) is 18.2 Å². The molecule has 1 fully saturated rings. The van der Waals surface area contributed by atoms with Gasteiger partial charge in [-0.25, -0.2) is 4.79 Å². The third kappa shape index (κ3) is 3.66. The first-order valence-electron chi connectivity index (χ1n) is 7.06. The molecule has 2 rings (SSSR count). The molecule has 0 heterocycles. The molecular formula is C16H22ClNO2. The number of carbonyl (C=O) groups is 1. The Balaban J connectivity index is 2.12. The molecule has 0 bridgehead atoms. The highest BCUT2D eigenvalue weighted by atomic mass is 35.5. The van der Waals surface area contributed by atoms with E-state index in [-0.39, 0.29) is 0 Å². The van der Waals surface area contributed by atoms with Gasteiger partial charge in [-0.15, -0.1) is 0 Å². The van der Waals surface area contributed by atoms with Crippen molar-refractivity contribution in [3.05, 3.63) is 28.8 Å². The van der Waals surface area contributed by atoms with E-state index in [4.69, 9.17) is 16.3 Å². The maximum Gasteiger partial charge on any atom is 0.339 e. The van der Waals surface area contributed by atoms with E-state index in [2.05, 4.69) is 19.2 Å². The van der Waals surface area contributed by atoms with Crippen LogP contribution in [-0.4, -0.2) is 19.1 Å². The maximum absolute atomic E-state index is 11.6. The van der Waals surface area contributed by atoms with E-state index in [0.29, 0.717) is 22.0 Å². The Morgan fingerprint density at radius 3 is 2.85 bits per heavy atom. The number of esters is 1. The molecule has 110 valence electrons. The van der Waals surface area contributed by atoms with Crippen molar-refractivity contribution in [1.29, 1.82) is 0 Å². The van der Waals surface area contributed by atoms with Gasteiger partial charge >= 0.3 is 5.97 Å². The van der Waals surface area contributed by atoms with Gasteiger partial charge < -0.3 is 10.1 Å². The van der Waals surface area contributed by atoms with Crippen LogP contribution in [0, 0.1) is 5.41 Å². The minimum absolute atomic E-state index is 0.382. The average Bonchev–Trinajstić information content (AvgIpc) is 2.39. The fraction of sp³-hybridized carbons (Fsp3) is 0.562. The van der Waals surface area contributed by atoms with Crippen molar-refractivity contribution in [2.24, 2.45) is 5.41 Å². The molecule has 1 unspecified atom stereocenters. The van der Waals surface area contributed by atoms with E-state index in [1.165, 1.54) is 26.4 Å². The van der Waals surface area contributed by atoms with Gasteiger partial charge in [-0.2, -0.15) is 0 Å². The number of halogens is 1. The summed E-state index contributed by atoms with van der Waals surface area (Å²) in [6.07, 6.45) is 4.82. The molecule has 0 radical (unpaired) electrons. The summed E-state index contributed by atoms with van der Waals surface area (Å²) in [6.45, 7) is 4.62. The van der Waals surface area contributed by atoms with Gasteiger partial charge in [-0.1, -0.05) is 31.9 Å². The smallest absolute Gasteiger partial charge is 0.339 e. The number of rotatable bonds is 3. The molecule has 20 heavy (non-hydrogen) atoms. The summed E-state index contributed by atoms with van der Waals surface area (Å²) in [7, 11) is 1.36. The predicted molar refractivity (Wildman–Crippen MR) is 82.5 cm³/mol. The number of ether oxygens (including phenoxy) is 1. The molecular weight excluding hydrogens is 274 g/mol. The van der Waals surface area contributed by atoms with Crippen molar-refractivity contribution in [2.45, 2.75) is 45.6 Å². The first-order chi connectivity index (χ1) is 9.41. The number of nitrogens with one attached hydrogen (secondary N) is 1. The normalized spacial score (nSPS) is 21.3. The summed E-state index contributed by atoms with van der Waals surface area (Å²) in [5.74, 6) is -0.400. The molecule has 0 aliphatic heterocycles. The molecule has 1 N–H and O–H groups in total. The van der Waals surface area contributed by atoms with Crippen LogP contribution in [-0.2, 0) is 4.74 Å². The van der Waals surface area contributed by atoms with E-state index in [0.717, 1.165) is 12.1 Å². The molecule has 1 aliphatic carbocycles. The summed E-state index contributed by atoms with van der Waals surface area (Å²) in [4.78, 5) is 11.6. The molecule has 0 aromatic heterocycles. The zero-order valence-corrected chi connectivity index (χ0v) is 13.1. The Hall–Kier alpha value is -1.22. The van der Waals surface area contributed by atoms with Crippen molar-refractivity contribution in [2.75, 3.05) is 12.4 Å². The zero-order valence-electron chi connectivity index (χ0n) is 12.3. The van der Waals surface area contributed by atoms with Crippen LogP contribution in [0.3, 0.4) is 0 Å². The molecule has 1 aliphatic rings. The van der Waals surface area contributed by atoms with E-state index in [9.17, 15) is 4.79 Å². The van der Waals surface area contributed by atoms with Crippen LogP contribution in [0.2, 0.25) is 5.02 Å². The Morgan fingerprint density at radius 1 is 1.45 bits per heavy atom. The molecule has 1 saturated carbocycles. The van der Waals surface area contributed by atoms with Crippen LogP contribution in [0.25, 0.3) is 0 Å². The largest absolute Gasteiger partial charge is 0.465 e. The van der Waals surface area contributed by atoms with Gasteiger partial charge in [0.15, 0.2) is 0 Å². The second-order valence-electron chi connectivity index (χ2n) is 6.29. The lowest BCUT2D eigenvalue weighted by molar-refractivity contribution is 0.0601. The number of anilines is 1. The van der Waals surface area contributed by atoms with Crippen molar-refractivity contribution >= 4 is 23.3 Å². The Labute approximate surface area is 125 Å². The highest BCUT2D eigenvalue weighted by Crippen LogP contribution is 2.36. The van der Waals surface area contributed by atoms with Crippen LogP contribution in [0.1, 0.15) is 49.9 Å². The lowest BCUT2D eigenvalue weighted by atomic mass is 9.75. The van der Waals surface area contributed by atoms with Crippen molar-refractivity contribution in [3.8, 4) is 0 Å². The quantitative estimate of drug-likeness (QED) is 0.834. The number of methoxy groups -OCH3 is 1. The minimum atomic E-state index is -0.400. The monoisotopic (exact) mass is 295 g/mol. The first kappa shape index (κ1) is 15.2. The molecule has 3 nitrogen and oxygen atoms in total. The summed E-state index contributed by atoms with van der Waals surface area (Å²) in [6, 6.07) is 5.88. The zero-order chi connectivity index (χ0) is 14.8. The number of benzene rings is 1. The highest BCUT2D eigenvalue weighted by Gasteiger charge is 2.27. The topological polar surface area (TPSA) is 38.3 Å². The fourth-order valence-corrected chi connectivity index (χ4v) is 3.13. The molecule has 0 amide bonds. The van der Waals surface area contributed by atoms with Crippen molar-refractivity contribution in [1.82, 2.24) is 0 Å². The second kappa shape index (κ2) is 6.04. The third-order valence-corrected chi connectivity index (χ3v) is 4.28. The van der Waals surface area contributed by atoms with Crippen LogP contribution in [0.4, 0.5) is 5.69 Å². The fourth-order valence-electron chi connectivity index (χ4n) is 2.94. The maximum atomic E-state index is 11.6. The molecule has 1 atom stereocenters. The third-order valence-electron chi connectivity index (χ3n) is 3.95. The standard InChI is InChI=1S/C16H22ClNO2/c1-16(2)8-4-5-12(10-16)18-11-6-7-14(17)13(9-11)15(19)20-3/h6-7,9,12,18H,4-5,8,10H2,1-3H3. The summed E-state index contributed by atoms with van der Waals surface area (Å²) in [5.41, 5.74) is 1.72. The van der Waals surface area contributed by atoms with Gasteiger partial charge in [-0.3, -0.25) is 0 Å². The van der Waals surface area contributed by atoms with Crippen LogP contribution < -0.4 is 5.32 Å². The SMILES string of the molecule is COC(=O)c1cc(NC2CCCC(C)(C)C2)ccc1Cl. The van der Waals surface area contributed by atoms with Gasteiger partial charge in [0.2, 0.25) is 0 Å². The van der Waals surface area contributed by atoms with Gasteiger partial charge in [0.1, 0.15) is 0 Å². The number of carbonyl (C=O) groups excluding carboxylic acids is 1.